The van der Waals surface area contributed by atoms with Gasteiger partial charge in [0.1, 0.15) is 23.6 Å². The summed E-state index contributed by atoms with van der Waals surface area (Å²) in [4.78, 5) is 42.3. The molecule has 0 fully saturated rings. The topological polar surface area (TPSA) is 142 Å². The second-order valence-corrected chi connectivity index (χ2v) is 10.8. The maximum atomic E-state index is 13.3. The number of aromatic nitrogens is 1. The van der Waals surface area contributed by atoms with Crippen LogP contribution in [0.4, 0.5) is 17.1 Å². The summed E-state index contributed by atoms with van der Waals surface area (Å²) in [6.45, 7) is 3.50. The smallest absolute Gasteiger partial charge is 0.363 e. The van der Waals surface area contributed by atoms with E-state index >= 15 is 0 Å². The van der Waals surface area contributed by atoms with Crippen molar-refractivity contribution in [3.05, 3.63) is 80.8 Å². The normalized spacial score (nSPS) is 13.5. The molecule has 5 rings (SSSR count). The van der Waals surface area contributed by atoms with E-state index in [2.05, 4.69) is 10.3 Å². The molecule has 1 N–H and O–H groups in total. The Labute approximate surface area is 250 Å². The molecule has 0 atom stereocenters. The highest BCUT2D eigenvalue weighted by atomic mass is 32.1. The molecule has 12 nitrogen and oxygen atoms in total. The van der Waals surface area contributed by atoms with Gasteiger partial charge in [-0.25, -0.2) is 9.78 Å². The van der Waals surface area contributed by atoms with Crippen molar-refractivity contribution >= 4 is 40.3 Å². The summed E-state index contributed by atoms with van der Waals surface area (Å²) < 4.78 is 22.7. The van der Waals surface area contributed by atoms with Crippen molar-refractivity contribution in [2.24, 2.45) is 0 Å². The number of esters is 1. The second-order valence-electron chi connectivity index (χ2n) is 10.1. The van der Waals surface area contributed by atoms with Gasteiger partial charge in [0.2, 0.25) is 0 Å². The molecule has 1 aliphatic rings. The molecule has 1 aromatic heterocycles. The molecule has 2 heterocycles. The van der Waals surface area contributed by atoms with E-state index in [1.165, 1.54) is 43.8 Å². The van der Waals surface area contributed by atoms with E-state index in [9.17, 15) is 19.7 Å². The number of anilines is 2. The standard InChI is InChI=1S/C30H28N4O8S/c1-30(2)29(36)33(3)27-21(14-41-26-12-17(34(37)38)6-11-24(26)39-4)19(9-10-22(27)32-30)20-8-7-18(13-25(20)40-5)42-28(35)23-15-43-16-31-23/h6-13,15-16,32H,14H2,1-5H3. The average molecular weight is 605 g/mol. The number of nitrogens with zero attached hydrogens (tertiary/aromatic N) is 3. The molecule has 0 saturated carbocycles. The van der Waals surface area contributed by atoms with Crippen LogP contribution in [0.5, 0.6) is 23.0 Å². The molecular formula is C30H28N4O8S. The lowest BCUT2D eigenvalue weighted by molar-refractivity contribution is -0.385. The van der Waals surface area contributed by atoms with Gasteiger partial charge in [-0.05, 0) is 43.7 Å². The highest BCUT2D eigenvalue weighted by molar-refractivity contribution is 7.07. The number of fused-ring (bicyclic) bond motifs is 1. The SMILES string of the molecule is COc1ccc([N+](=O)[O-])cc1OCc1c(-c2ccc(OC(=O)c3cscn3)cc2OC)ccc2c1N(C)C(=O)C(C)(C)N2. The van der Waals surface area contributed by atoms with Gasteiger partial charge in [-0.3, -0.25) is 14.9 Å². The summed E-state index contributed by atoms with van der Waals surface area (Å²) in [5.74, 6) is 0.363. The van der Waals surface area contributed by atoms with Gasteiger partial charge >= 0.3 is 5.97 Å². The van der Waals surface area contributed by atoms with Crippen LogP contribution < -0.4 is 29.2 Å². The lowest BCUT2D eigenvalue weighted by atomic mass is 9.91. The van der Waals surface area contributed by atoms with Crippen LogP contribution in [0.1, 0.15) is 29.9 Å². The molecule has 1 aliphatic heterocycles. The summed E-state index contributed by atoms with van der Waals surface area (Å²) in [6.07, 6.45) is 0. The first kappa shape index (κ1) is 29.3. The highest BCUT2D eigenvalue weighted by Crippen LogP contribution is 2.45. The van der Waals surface area contributed by atoms with Gasteiger partial charge in [-0.15, -0.1) is 11.3 Å². The maximum Gasteiger partial charge on any atom is 0.363 e. The van der Waals surface area contributed by atoms with E-state index in [1.807, 2.05) is 12.1 Å². The van der Waals surface area contributed by atoms with E-state index in [0.29, 0.717) is 39.6 Å². The first-order chi connectivity index (χ1) is 20.5. The Hall–Kier alpha value is -5.17. The first-order valence-electron chi connectivity index (χ1n) is 13.0. The van der Waals surface area contributed by atoms with Crippen LogP contribution in [0.25, 0.3) is 11.1 Å². The minimum Gasteiger partial charge on any atom is -0.496 e. The van der Waals surface area contributed by atoms with Crippen molar-refractivity contribution in [2.75, 3.05) is 31.5 Å². The Bertz CT molecular complexity index is 1720. The zero-order valence-electron chi connectivity index (χ0n) is 24.0. The molecule has 3 aromatic carbocycles. The van der Waals surface area contributed by atoms with Crippen LogP contribution in [0.15, 0.2) is 59.4 Å². The third-order valence-corrected chi connectivity index (χ3v) is 7.54. The quantitative estimate of drug-likeness (QED) is 0.109. The molecule has 1 amide bonds. The third kappa shape index (κ3) is 5.66. The molecule has 13 heteroatoms. The van der Waals surface area contributed by atoms with Gasteiger partial charge in [0.15, 0.2) is 17.2 Å². The van der Waals surface area contributed by atoms with Crippen molar-refractivity contribution in [3.63, 3.8) is 0 Å². The summed E-state index contributed by atoms with van der Waals surface area (Å²) >= 11 is 1.28. The Morgan fingerprint density at radius 1 is 1.05 bits per heavy atom. The maximum absolute atomic E-state index is 13.3. The molecule has 0 aliphatic carbocycles. The fraction of sp³-hybridized carbons (Fsp3) is 0.233. The van der Waals surface area contributed by atoms with Crippen LogP contribution in [-0.2, 0) is 11.4 Å². The van der Waals surface area contributed by atoms with E-state index in [-0.39, 0.29) is 35.4 Å². The number of hydrogen-bond donors (Lipinski definition) is 1. The number of carbonyl (C=O) groups is 2. The molecular weight excluding hydrogens is 576 g/mol. The van der Waals surface area contributed by atoms with Gasteiger partial charge < -0.3 is 29.2 Å². The fourth-order valence-corrected chi connectivity index (χ4v) is 5.42. The molecule has 43 heavy (non-hydrogen) atoms. The molecule has 0 radical (unpaired) electrons. The van der Waals surface area contributed by atoms with Crippen LogP contribution >= 0.6 is 11.3 Å². The van der Waals surface area contributed by atoms with Crippen LogP contribution in [0.2, 0.25) is 0 Å². The van der Waals surface area contributed by atoms with Crippen molar-refractivity contribution < 1.29 is 33.5 Å². The van der Waals surface area contributed by atoms with Crippen LogP contribution in [0.3, 0.4) is 0 Å². The Morgan fingerprint density at radius 2 is 1.79 bits per heavy atom. The van der Waals surface area contributed by atoms with Gasteiger partial charge in [0.25, 0.3) is 11.6 Å². The van der Waals surface area contributed by atoms with Gasteiger partial charge in [-0.1, -0.05) is 6.07 Å². The summed E-state index contributed by atoms with van der Waals surface area (Å²) in [7, 11) is 4.62. The van der Waals surface area contributed by atoms with Crippen molar-refractivity contribution in [1.29, 1.82) is 0 Å². The van der Waals surface area contributed by atoms with Crippen LogP contribution in [0, 0.1) is 10.1 Å². The number of nitro groups is 1. The van der Waals surface area contributed by atoms with E-state index in [1.54, 1.807) is 54.9 Å². The van der Waals surface area contributed by atoms with Crippen molar-refractivity contribution in [2.45, 2.75) is 26.0 Å². The zero-order chi connectivity index (χ0) is 30.9. The number of methoxy groups -OCH3 is 2. The molecule has 222 valence electrons. The first-order valence-corrected chi connectivity index (χ1v) is 13.9. The summed E-state index contributed by atoms with van der Waals surface area (Å²) in [5, 5.41) is 16.3. The number of likely N-dealkylation sites (N-methyl/N-ethyl adjacent to an activating group) is 1. The number of nitro benzene ring substituents is 1. The van der Waals surface area contributed by atoms with Gasteiger partial charge in [0.05, 0.1) is 42.1 Å². The van der Waals surface area contributed by atoms with Gasteiger partial charge in [-0.2, -0.15) is 0 Å². The lowest BCUT2D eigenvalue weighted by Gasteiger charge is -2.39. The summed E-state index contributed by atoms with van der Waals surface area (Å²) in [5.41, 5.74) is 3.91. The number of ether oxygens (including phenoxy) is 4. The number of benzene rings is 3. The molecule has 4 aromatic rings. The minimum atomic E-state index is -0.856. The Morgan fingerprint density at radius 3 is 2.47 bits per heavy atom. The van der Waals surface area contributed by atoms with Crippen LogP contribution in [-0.4, -0.2) is 48.6 Å². The van der Waals surface area contributed by atoms with E-state index in [4.69, 9.17) is 18.9 Å². The van der Waals surface area contributed by atoms with E-state index < -0.39 is 16.4 Å². The van der Waals surface area contributed by atoms with Gasteiger partial charge in [0, 0.05) is 35.7 Å². The number of carbonyl (C=O) groups excluding carboxylic acids is 2. The predicted molar refractivity (Wildman–Crippen MR) is 161 cm³/mol. The molecule has 0 bridgehead atoms. The zero-order valence-corrected chi connectivity index (χ0v) is 24.8. The lowest BCUT2D eigenvalue weighted by Crippen LogP contribution is -2.52. The molecule has 0 unspecified atom stereocenters. The molecule has 0 spiro atoms. The minimum absolute atomic E-state index is 0.0838. The van der Waals surface area contributed by atoms with E-state index in [0.717, 1.165) is 0 Å². The number of thiazole rings is 1. The highest BCUT2D eigenvalue weighted by Gasteiger charge is 2.39. The second kappa shape index (κ2) is 11.6. The largest absolute Gasteiger partial charge is 0.496 e. The Balaban J connectivity index is 1.60. The number of amides is 1. The number of nitrogens with one attached hydrogen (secondary N) is 1. The number of hydrogen-bond acceptors (Lipinski definition) is 11. The molecule has 0 saturated heterocycles. The predicted octanol–water partition coefficient (Wildman–Crippen LogP) is 5.70. The fourth-order valence-electron chi connectivity index (χ4n) is 4.90. The van der Waals surface area contributed by atoms with Crippen molar-refractivity contribution in [3.8, 4) is 34.1 Å². The monoisotopic (exact) mass is 604 g/mol. The third-order valence-electron chi connectivity index (χ3n) is 6.95. The number of non-ortho nitro benzene ring substituents is 1. The number of rotatable bonds is 9. The average Bonchev–Trinajstić information content (AvgIpc) is 3.54. The Kier molecular flexibility index (Phi) is 7.91. The summed E-state index contributed by atoms with van der Waals surface area (Å²) in [6, 6.07) is 12.8. The van der Waals surface area contributed by atoms with Crippen molar-refractivity contribution in [1.82, 2.24) is 4.98 Å².